The van der Waals surface area contributed by atoms with Crippen molar-refractivity contribution < 1.29 is 9.90 Å². The second-order valence-electron chi connectivity index (χ2n) is 4.14. The molecule has 0 atom stereocenters. The molecule has 0 unspecified atom stereocenters. The molecular weight excluding hydrogens is 285 g/mol. The first kappa shape index (κ1) is 13.8. The second-order valence-corrected chi connectivity index (χ2v) is 4.98. The van der Waals surface area contributed by atoms with Gasteiger partial charge in [0.25, 0.3) is 0 Å². The number of hydrogen-bond donors (Lipinski definition) is 1. The summed E-state index contributed by atoms with van der Waals surface area (Å²) in [5.74, 6) is -0.873. The Bertz CT molecular complexity index is 641. The second kappa shape index (κ2) is 5.59. The van der Waals surface area contributed by atoms with Crippen LogP contribution in [0, 0.1) is 6.92 Å². The number of aliphatic carboxylic acids is 1. The lowest BCUT2D eigenvalue weighted by molar-refractivity contribution is -0.136. The number of halogens is 2. The van der Waals surface area contributed by atoms with E-state index in [4.69, 9.17) is 28.3 Å². The number of carboxylic acids is 1. The van der Waals surface area contributed by atoms with Crippen molar-refractivity contribution in [3.63, 3.8) is 0 Å². The third kappa shape index (κ3) is 3.25. The van der Waals surface area contributed by atoms with Crippen LogP contribution in [0.3, 0.4) is 0 Å². The molecule has 0 saturated heterocycles. The minimum atomic E-state index is -0.873. The van der Waals surface area contributed by atoms with Crippen LogP contribution in [-0.4, -0.2) is 16.1 Å². The molecule has 1 N–H and O–H groups in total. The summed E-state index contributed by atoms with van der Waals surface area (Å²) < 4.78 is 0. The van der Waals surface area contributed by atoms with Crippen molar-refractivity contribution in [3.05, 3.63) is 51.6 Å². The Hall–Kier alpha value is -1.58. The van der Waals surface area contributed by atoms with E-state index in [-0.39, 0.29) is 6.42 Å². The average molecular weight is 296 g/mol. The fourth-order valence-electron chi connectivity index (χ4n) is 1.79. The van der Waals surface area contributed by atoms with Crippen molar-refractivity contribution in [1.82, 2.24) is 4.98 Å². The number of pyridine rings is 1. The molecule has 19 heavy (non-hydrogen) atoms. The molecule has 2 aromatic rings. The van der Waals surface area contributed by atoms with Gasteiger partial charge in [-0.1, -0.05) is 29.3 Å². The number of hydrogen-bond acceptors (Lipinski definition) is 2. The van der Waals surface area contributed by atoms with Crippen LogP contribution < -0.4 is 0 Å². The van der Waals surface area contributed by atoms with E-state index in [2.05, 4.69) is 4.98 Å². The Balaban J connectivity index is 2.41. The lowest BCUT2D eigenvalue weighted by atomic mass is 10.1. The van der Waals surface area contributed by atoms with Gasteiger partial charge in [-0.25, -0.2) is 0 Å². The first-order valence-corrected chi connectivity index (χ1v) is 6.36. The summed E-state index contributed by atoms with van der Waals surface area (Å²) in [7, 11) is 0. The highest BCUT2D eigenvalue weighted by Gasteiger charge is 2.09. The maximum Gasteiger partial charge on any atom is 0.307 e. The smallest absolute Gasteiger partial charge is 0.307 e. The molecule has 5 heteroatoms. The molecule has 1 aromatic heterocycles. The standard InChI is InChI=1S/C14H11Cl2NO2/c1-8-9(6-14(18)19)2-5-13(17-8)11-4-3-10(15)7-12(11)16/h2-5,7H,6H2,1H3,(H,18,19). The highest BCUT2D eigenvalue weighted by molar-refractivity contribution is 6.36. The lowest BCUT2D eigenvalue weighted by Gasteiger charge is -2.08. The molecule has 98 valence electrons. The van der Waals surface area contributed by atoms with Gasteiger partial charge in [0.1, 0.15) is 0 Å². The van der Waals surface area contributed by atoms with Crippen molar-refractivity contribution in [3.8, 4) is 11.3 Å². The number of carboxylic acid groups (broad SMARTS) is 1. The molecule has 0 radical (unpaired) electrons. The van der Waals surface area contributed by atoms with Gasteiger partial charge in [-0.05, 0) is 36.8 Å². The molecule has 0 fully saturated rings. The fourth-order valence-corrected chi connectivity index (χ4v) is 2.29. The van der Waals surface area contributed by atoms with Crippen molar-refractivity contribution in [2.24, 2.45) is 0 Å². The van der Waals surface area contributed by atoms with Crippen LogP contribution in [0.5, 0.6) is 0 Å². The van der Waals surface area contributed by atoms with Crippen molar-refractivity contribution >= 4 is 29.2 Å². The van der Waals surface area contributed by atoms with Gasteiger partial charge in [0.15, 0.2) is 0 Å². The highest BCUT2D eigenvalue weighted by Crippen LogP contribution is 2.29. The Kier molecular flexibility index (Phi) is 4.08. The van der Waals surface area contributed by atoms with Gasteiger partial charge in [0, 0.05) is 16.3 Å². The summed E-state index contributed by atoms with van der Waals surface area (Å²) in [6, 6.07) is 8.71. The van der Waals surface area contributed by atoms with Crippen LogP contribution in [0.25, 0.3) is 11.3 Å². The molecule has 0 aliphatic carbocycles. The molecular formula is C14H11Cl2NO2. The zero-order valence-electron chi connectivity index (χ0n) is 10.2. The van der Waals surface area contributed by atoms with Crippen LogP contribution in [0.1, 0.15) is 11.3 Å². The maximum atomic E-state index is 10.7. The fraction of sp³-hybridized carbons (Fsp3) is 0.143. The zero-order valence-corrected chi connectivity index (χ0v) is 11.7. The summed E-state index contributed by atoms with van der Waals surface area (Å²) in [6.07, 6.45) is -0.0343. The van der Waals surface area contributed by atoms with Gasteiger partial charge in [0.2, 0.25) is 0 Å². The topological polar surface area (TPSA) is 50.2 Å². The largest absolute Gasteiger partial charge is 0.481 e. The predicted molar refractivity (Wildman–Crippen MR) is 75.8 cm³/mol. The third-order valence-electron chi connectivity index (χ3n) is 2.74. The van der Waals surface area contributed by atoms with Crippen LogP contribution >= 0.6 is 23.2 Å². The monoisotopic (exact) mass is 295 g/mol. The van der Waals surface area contributed by atoms with E-state index in [0.717, 1.165) is 5.56 Å². The molecule has 0 saturated carbocycles. The molecule has 0 amide bonds. The minimum absolute atomic E-state index is 0.0343. The Morgan fingerprint density at radius 1 is 1.26 bits per heavy atom. The van der Waals surface area contributed by atoms with Crippen LogP contribution in [-0.2, 0) is 11.2 Å². The van der Waals surface area contributed by atoms with Crippen LogP contribution in [0.15, 0.2) is 30.3 Å². The van der Waals surface area contributed by atoms with E-state index in [1.807, 2.05) is 0 Å². The number of aromatic nitrogens is 1. The number of benzene rings is 1. The van der Waals surface area contributed by atoms with E-state index in [0.29, 0.717) is 27.0 Å². The third-order valence-corrected chi connectivity index (χ3v) is 3.29. The van der Waals surface area contributed by atoms with Crippen LogP contribution in [0.4, 0.5) is 0 Å². The van der Waals surface area contributed by atoms with E-state index in [1.54, 1.807) is 37.3 Å². The summed E-state index contributed by atoms with van der Waals surface area (Å²) >= 11 is 12.0. The number of nitrogens with zero attached hydrogens (tertiary/aromatic N) is 1. The number of carbonyl (C=O) groups is 1. The van der Waals surface area contributed by atoms with Gasteiger partial charge in [-0.3, -0.25) is 9.78 Å². The van der Waals surface area contributed by atoms with Crippen molar-refractivity contribution in [1.29, 1.82) is 0 Å². The highest BCUT2D eigenvalue weighted by atomic mass is 35.5. The summed E-state index contributed by atoms with van der Waals surface area (Å²) in [5, 5.41) is 9.87. The van der Waals surface area contributed by atoms with Gasteiger partial charge in [0.05, 0.1) is 17.1 Å². The van der Waals surface area contributed by atoms with Gasteiger partial charge in [-0.15, -0.1) is 0 Å². The van der Waals surface area contributed by atoms with Crippen molar-refractivity contribution in [2.75, 3.05) is 0 Å². The number of rotatable bonds is 3. The molecule has 0 bridgehead atoms. The van der Waals surface area contributed by atoms with Gasteiger partial charge >= 0.3 is 5.97 Å². The molecule has 0 spiro atoms. The first-order valence-electron chi connectivity index (χ1n) is 5.61. The minimum Gasteiger partial charge on any atom is -0.481 e. The maximum absolute atomic E-state index is 10.7. The van der Waals surface area contributed by atoms with E-state index in [9.17, 15) is 4.79 Å². The van der Waals surface area contributed by atoms with Gasteiger partial charge in [-0.2, -0.15) is 0 Å². The number of aryl methyl sites for hydroxylation is 1. The quantitative estimate of drug-likeness (QED) is 0.931. The normalized spacial score (nSPS) is 10.5. The lowest BCUT2D eigenvalue weighted by Crippen LogP contribution is -2.03. The van der Waals surface area contributed by atoms with E-state index in [1.165, 1.54) is 0 Å². The van der Waals surface area contributed by atoms with Crippen molar-refractivity contribution in [2.45, 2.75) is 13.3 Å². The van der Waals surface area contributed by atoms with E-state index >= 15 is 0 Å². The molecule has 0 aliphatic heterocycles. The van der Waals surface area contributed by atoms with Gasteiger partial charge < -0.3 is 5.11 Å². The first-order chi connectivity index (χ1) is 8.97. The molecule has 1 aromatic carbocycles. The molecule has 0 aliphatic rings. The van der Waals surface area contributed by atoms with Crippen LogP contribution in [0.2, 0.25) is 10.0 Å². The molecule has 1 heterocycles. The zero-order chi connectivity index (χ0) is 14.0. The summed E-state index contributed by atoms with van der Waals surface area (Å²) in [5.41, 5.74) is 2.86. The average Bonchev–Trinajstić information content (AvgIpc) is 2.31. The van der Waals surface area contributed by atoms with E-state index < -0.39 is 5.97 Å². The Morgan fingerprint density at radius 2 is 2.00 bits per heavy atom. The SMILES string of the molecule is Cc1nc(-c2ccc(Cl)cc2Cl)ccc1CC(=O)O. The Morgan fingerprint density at radius 3 is 2.58 bits per heavy atom. The molecule has 3 nitrogen and oxygen atoms in total. The molecule has 2 rings (SSSR count). The summed E-state index contributed by atoms with van der Waals surface area (Å²) in [4.78, 5) is 15.1. The Labute approximate surface area is 120 Å². The predicted octanol–water partition coefficient (Wildman–Crippen LogP) is 3.99. The summed E-state index contributed by atoms with van der Waals surface area (Å²) in [6.45, 7) is 1.78.